The number of benzene rings is 2. The van der Waals surface area contributed by atoms with Gasteiger partial charge < -0.3 is 10.2 Å². The van der Waals surface area contributed by atoms with Crippen LogP contribution in [0.5, 0.6) is 0 Å². The molecule has 0 bridgehead atoms. The Balaban J connectivity index is 1.21. The highest BCUT2D eigenvalue weighted by atomic mass is 16.2. The molecule has 3 aliphatic heterocycles. The second-order valence-corrected chi connectivity index (χ2v) is 9.85. The lowest BCUT2D eigenvalue weighted by atomic mass is 9.97. The maximum atomic E-state index is 13.1. The highest BCUT2D eigenvalue weighted by Gasteiger charge is 2.39. The molecule has 0 aromatic heterocycles. The first-order valence-corrected chi connectivity index (χ1v) is 12.9. The van der Waals surface area contributed by atoms with Gasteiger partial charge >= 0.3 is 0 Å². The molecule has 0 saturated carbocycles. The summed E-state index contributed by atoms with van der Waals surface area (Å²) < 4.78 is 0. The van der Waals surface area contributed by atoms with E-state index in [2.05, 4.69) is 21.6 Å². The monoisotopic (exact) mass is 488 g/mol. The number of amides is 4. The molecule has 2 unspecified atom stereocenters. The van der Waals surface area contributed by atoms with E-state index in [1.807, 2.05) is 42.5 Å². The van der Waals surface area contributed by atoms with Gasteiger partial charge in [0.15, 0.2) is 0 Å². The van der Waals surface area contributed by atoms with E-state index in [1.165, 1.54) is 0 Å². The maximum Gasteiger partial charge on any atom is 0.255 e. The number of carbonyl (C=O) groups is 4. The number of rotatable bonds is 7. The molecule has 8 nitrogen and oxygen atoms in total. The van der Waals surface area contributed by atoms with Crippen LogP contribution in [0.15, 0.2) is 48.5 Å². The summed E-state index contributed by atoms with van der Waals surface area (Å²) in [5, 5.41) is 5.41. The minimum atomic E-state index is -0.604. The van der Waals surface area contributed by atoms with E-state index in [-0.39, 0.29) is 36.1 Å². The van der Waals surface area contributed by atoms with E-state index < -0.39 is 6.04 Å². The van der Waals surface area contributed by atoms with E-state index in [0.717, 1.165) is 62.0 Å². The summed E-state index contributed by atoms with van der Waals surface area (Å²) in [6.07, 6.45) is 5.27. The summed E-state index contributed by atoms with van der Waals surface area (Å²) in [5.74, 6) is -0.768. The third-order valence-electron chi connectivity index (χ3n) is 7.53. The smallest absolute Gasteiger partial charge is 0.255 e. The molecule has 188 valence electrons. The minimum Gasteiger partial charge on any atom is -0.325 e. The fourth-order valence-electron chi connectivity index (χ4n) is 5.66. The molecular weight excluding hydrogens is 456 g/mol. The molecule has 8 heteroatoms. The minimum absolute atomic E-state index is 0.0481. The summed E-state index contributed by atoms with van der Waals surface area (Å²) in [4.78, 5) is 53.8. The molecule has 2 fully saturated rings. The van der Waals surface area contributed by atoms with Gasteiger partial charge in [-0.1, -0.05) is 36.8 Å². The van der Waals surface area contributed by atoms with Crippen molar-refractivity contribution in [3.05, 3.63) is 65.2 Å². The van der Waals surface area contributed by atoms with Crippen molar-refractivity contribution in [2.24, 2.45) is 0 Å². The lowest BCUT2D eigenvalue weighted by molar-refractivity contribution is -0.137. The maximum absolute atomic E-state index is 13.1. The summed E-state index contributed by atoms with van der Waals surface area (Å²) in [5.41, 5.74) is 3.55. The Hall–Kier alpha value is -3.52. The quantitative estimate of drug-likeness (QED) is 0.584. The molecule has 5 rings (SSSR count). The molecule has 0 spiro atoms. The van der Waals surface area contributed by atoms with Crippen molar-refractivity contribution in [3.8, 4) is 0 Å². The van der Waals surface area contributed by atoms with Gasteiger partial charge in [-0.15, -0.1) is 0 Å². The molecule has 0 radical (unpaired) electrons. The molecule has 2 atom stereocenters. The second-order valence-electron chi connectivity index (χ2n) is 9.85. The van der Waals surface area contributed by atoms with Gasteiger partial charge in [0.2, 0.25) is 17.7 Å². The number of anilines is 1. The number of nitrogens with zero attached hydrogens (tertiary/aromatic N) is 2. The number of likely N-dealkylation sites (tertiary alicyclic amines) is 1. The lowest BCUT2D eigenvalue weighted by Gasteiger charge is -2.34. The van der Waals surface area contributed by atoms with E-state index in [0.29, 0.717) is 18.5 Å². The van der Waals surface area contributed by atoms with Crippen molar-refractivity contribution in [3.63, 3.8) is 0 Å². The van der Waals surface area contributed by atoms with E-state index in [9.17, 15) is 19.2 Å². The predicted octanol–water partition coefficient (Wildman–Crippen LogP) is 2.87. The first kappa shape index (κ1) is 24.2. The van der Waals surface area contributed by atoms with Gasteiger partial charge in [0.1, 0.15) is 6.04 Å². The summed E-state index contributed by atoms with van der Waals surface area (Å²) in [6.45, 7) is 2.10. The van der Waals surface area contributed by atoms with Gasteiger partial charge in [-0.25, -0.2) is 0 Å². The van der Waals surface area contributed by atoms with E-state index >= 15 is 0 Å². The topological polar surface area (TPSA) is 98.8 Å². The number of para-hydroxylation sites is 1. The molecule has 2 aromatic carbocycles. The zero-order chi connectivity index (χ0) is 25.1. The molecular formula is C28H32N4O4. The number of carbonyl (C=O) groups excluding carboxylic acids is 4. The Morgan fingerprint density at radius 2 is 1.83 bits per heavy atom. The van der Waals surface area contributed by atoms with Crippen LogP contribution in [0.4, 0.5) is 5.69 Å². The molecule has 4 amide bonds. The zero-order valence-corrected chi connectivity index (χ0v) is 20.4. The van der Waals surface area contributed by atoms with Gasteiger partial charge in [0.25, 0.3) is 5.91 Å². The normalized spacial score (nSPS) is 22.3. The van der Waals surface area contributed by atoms with Crippen molar-refractivity contribution < 1.29 is 19.2 Å². The van der Waals surface area contributed by atoms with E-state index in [4.69, 9.17) is 0 Å². The van der Waals surface area contributed by atoms with Crippen LogP contribution in [0.3, 0.4) is 0 Å². The van der Waals surface area contributed by atoms with Crippen LogP contribution in [0, 0.1) is 0 Å². The van der Waals surface area contributed by atoms with Crippen molar-refractivity contribution in [2.75, 3.05) is 18.4 Å². The van der Waals surface area contributed by atoms with Gasteiger partial charge in [-0.3, -0.25) is 29.4 Å². The largest absolute Gasteiger partial charge is 0.325 e. The number of nitrogens with one attached hydrogen (secondary N) is 2. The Kier molecular flexibility index (Phi) is 7.13. The van der Waals surface area contributed by atoms with Crippen LogP contribution in [-0.2, 0) is 27.3 Å². The zero-order valence-electron chi connectivity index (χ0n) is 20.4. The van der Waals surface area contributed by atoms with Crippen molar-refractivity contribution in [1.29, 1.82) is 0 Å². The fraction of sp³-hybridized carbons (Fsp3) is 0.429. The van der Waals surface area contributed by atoms with Gasteiger partial charge in [0, 0.05) is 24.2 Å². The number of piperidine rings is 2. The van der Waals surface area contributed by atoms with Crippen molar-refractivity contribution in [2.45, 2.75) is 63.6 Å². The van der Waals surface area contributed by atoms with Crippen LogP contribution >= 0.6 is 0 Å². The fourth-order valence-corrected chi connectivity index (χ4v) is 5.66. The SMILES string of the molecule is O=C1CCC(N2Cc3c(CCCN4CCCCC4C(=O)Nc4ccccc4)cccc3C2=O)C(=O)N1. The van der Waals surface area contributed by atoms with Crippen LogP contribution in [0.1, 0.15) is 60.0 Å². The highest BCUT2D eigenvalue weighted by Crippen LogP contribution is 2.30. The van der Waals surface area contributed by atoms with Crippen LogP contribution < -0.4 is 10.6 Å². The second kappa shape index (κ2) is 10.6. The van der Waals surface area contributed by atoms with Crippen LogP contribution in [0.2, 0.25) is 0 Å². The first-order chi connectivity index (χ1) is 17.5. The van der Waals surface area contributed by atoms with Crippen molar-refractivity contribution >= 4 is 29.3 Å². The van der Waals surface area contributed by atoms with Gasteiger partial charge in [-0.2, -0.15) is 0 Å². The Labute approximate surface area is 211 Å². The molecule has 2 N–H and O–H groups in total. The first-order valence-electron chi connectivity index (χ1n) is 12.9. The van der Waals surface area contributed by atoms with Crippen LogP contribution in [-0.4, -0.2) is 58.6 Å². The lowest BCUT2D eigenvalue weighted by Crippen LogP contribution is -2.52. The van der Waals surface area contributed by atoms with Gasteiger partial charge in [-0.05, 0) is 74.5 Å². The average Bonchev–Trinajstić information content (AvgIpc) is 3.22. The number of hydrogen-bond acceptors (Lipinski definition) is 5. The van der Waals surface area contributed by atoms with Gasteiger partial charge in [0.05, 0.1) is 6.04 Å². The molecule has 0 aliphatic carbocycles. The Morgan fingerprint density at radius 3 is 2.64 bits per heavy atom. The average molecular weight is 489 g/mol. The third-order valence-corrected chi connectivity index (χ3v) is 7.53. The number of hydrogen-bond donors (Lipinski definition) is 2. The Morgan fingerprint density at radius 1 is 1.00 bits per heavy atom. The third kappa shape index (κ3) is 5.04. The standard InChI is InChI=1S/C28H32N4O4/c33-25-15-14-24(27(35)30-25)32-18-22-19(8-6-12-21(22)28(32)36)9-7-17-31-16-5-4-13-23(31)26(34)29-20-10-2-1-3-11-20/h1-3,6,8,10-12,23-24H,4-5,7,9,13-18H2,(H,29,34)(H,30,33,35). The number of aryl methyl sites for hydroxylation is 1. The van der Waals surface area contributed by atoms with E-state index in [1.54, 1.807) is 4.90 Å². The number of fused-ring (bicyclic) bond motifs is 1. The summed E-state index contributed by atoms with van der Waals surface area (Å²) in [6, 6.07) is 14.6. The molecule has 3 aliphatic rings. The molecule has 36 heavy (non-hydrogen) atoms. The van der Waals surface area contributed by atoms with Crippen molar-refractivity contribution in [1.82, 2.24) is 15.1 Å². The molecule has 3 heterocycles. The predicted molar refractivity (Wildman–Crippen MR) is 135 cm³/mol. The highest BCUT2D eigenvalue weighted by molar-refractivity contribution is 6.05. The number of imide groups is 1. The Bertz CT molecular complexity index is 1170. The van der Waals surface area contributed by atoms with Crippen LogP contribution in [0.25, 0.3) is 0 Å². The molecule has 2 saturated heterocycles. The summed E-state index contributed by atoms with van der Waals surface area (Å²) >= 11 is 0. The summed E-state index contributed by atoms with van der Waals surface area (Å²) in [7, 11) is 0. The molecule has 2 aromatic rings.